The summed E-state index contributed by atoms with van der Waals surface area (Å²) in [7, 11) is 0. The van der Waals surface area contributed by atoms with Gasteiger partial charge in [-0.2, -0.15) is 0 Å². The van der Waals surface area contributed by atoms with E-state index in [-0.39, 0.29) is 0 Å². The summed E-state index contributed by atoms with van der Waals surface area (Å²) in [4.78, 5) is 0. The van der Waals surface area contributed by atoms with E-state index in [9.17, 15) is 0 Å². The third-order valence-corrected chi connectivity index (χ3v) is 2.92. The van der Waals surface area contributed by atoms with E-state index in [2.05, 4.69) is 26.5 Å². The average Bonchev–Trinajstić information content (AvgIpc) is 2.05. The molecule has 0 aromatic heterocycles. The van der Waals surface area contributed by atoms with E-state index in [4.69, 9.17) is 5.73 Å². The second kappa shape index (κ2) is 3.90. The van der Waals surface area contributed by atoms with Crippen LogP contribution in [-0.4, -0.2) is 6.54 Å². The zero-order chi connectivity index (χ0) is 9.14. The Morgan fingerprint density at radius 3 is 2.92 bits per heavy atom. The van der Waals surface area contributed by atoms with Crippen LogP contribution in [0.4, 0.5) is 0 Å². The molecule has 68 valence electrons. The van der Waals surface area contributed by atoms with Crippen LogP contribution in [0.15, 0.2) is 23.8 Å². The number of nitrogens with two attached hydrogens (primary N) is 1. The first-order chi connectivity index (χ1) is 5.65. The Balaban J connectivity index is 2.64. The highest BCUT2D eigenvalue weighted by atomic mass is 14.6. The lowest BCUT2D eigenvalue weighted by molar-refractivity contribution is 0.431. The molecule has 2 N–H and O–H groups in total. The summed E-state index contributed by atoms with van der Waals surface area (Å²) in [5.74, 6) is 1.27. The highest BCUT2D eigenvalue weighted by Crippen LogP contribution is 2.31. The average molecular weight is 165 g/mol. The minimum Gasteiger partial charge on any atom is -0.330 e. The van der Waals surface area contributed by atoms with Gasteiger partial charge in [0.1, 0.15) is 0 Å². The Kier molecular flexibility index (Phi) is 3.10. The number of hydrogen-bond acceptors (Lipinski definition) is 1. The van der Waals surface area contributed by atoms with Gasteiger partial charge in [-0.3, -0.25) is 0 Å². The SMILES string of the molecule is C=C(C)C1CC=C(C)C(CN)C1. The van der Waals surface area contributed by atoms with Gasteiger partial charge in [0.15, 0.2) is 0 Å². The molecule has 0 amide bonds. The molecule has 1 nitrogen and oxygen atoms in total. The predicted octanol–water partition coefficient (Wildman–Crippen LogP) is 2.49. The molecule has 2 atom stereocenters. The van der Waals surface area contributed by atoms with Gasteiger partial charge in [0, 0.05) is 0 Å². The van der Waals surface area contributed by atoms with Crippen LogP contribution in [0.3, 0.4) is 0 Å². The molecule has 0 bridgehead atoms. The zero-order valence-electron chi connectivity index (χ0n) is 8.14. The van der Waals surface area contributed by atoms with Gasteiger partial charge in [-0.25, -0.2) is 0 Å². The largest absolute Gasteiger partial charge is 0.330 e. The standard InChI is InChI=1S/C11H19N/c1-8(2)10-5-4-9(3)11(6-10)7-12/h4,10-11H,1,5-7,12H2,2-3H3. The quantitative estimate of drug-likeness (QED) is 0.625. The molecule has 0 spiro atoms. The van der Waals surface area contributed by atoms with Crippen LogP contribution < -0.4 is 5.73 Å². The molecular weight excluding hydrogens is 146 g/mol. The monoisotopic (exact) mass is 165 g/mol. The minimum absolute atomic E-state index is 0.598. The number of hydrogen-bond donors (Lipinski definition) is 1. The van der Waals surface area contributed by atoms with Crippen LogP contribution in [0.25, 0.3) is 0 Å². The molecule has 0 radical (unpaired) electrons. The first-order valence-corrected chi connectivity index (χ1v) is 4.67. The highest BCUT2D eigenvalue weighted by Gasteiger charge is 2.20. The summed E-state index contributed by atoms with van der Waals surface area (Å²) in [6.07, 6.45) is 4.69. The molecule has 0 aromatic carbocycles. The summed E-state index contributed by atoms with van der Waals surface area (Å²) in [6, 6.07) is 0. The Morgan fingerprint density at radius 2 is 2.42 bits per heavy atom. The van der Waals surface area contributed by atoms with Crippen LogP contribution in [0, 0.1) is 11.8 Å². The van der Waals surface area contributed by atoms with Crippen LogP contribution >= 0.6 is 0 Å². The van der Waals surface area contributed by atoms with E-state index in [0.717, 1.165) is 13.0 Å². The van der Waals surface area contributed by atoms with Crippen molar-refractivity contribution in [2.75, 3.05) is 6.54 Å². The summed E-state index contributed by atoms with van der Waals surface area (Å²) in [6.45, 7) is 9.09. The first kappa shape index (κ1) is 9.53. The van der Waals surface area contributed by atoms with Crippen molar-refractivity contribution in [2.24, 2.45) is 17.6 Å². The van der Waals surface area contributed by atoms with Crippen molar-refractivity contribution in [1.29, 1.82) is 0 Å². The third kappa shape index (κ3) is 1.98. The first-order valence-electron chi connectivity index (χ1n) is 4.67. The smallest absolute Gasteiger partial charge is 0.00114 e. The molecule has 0 aliphatic heterocycles. The van der Waals surface area contributed by atoms with Crippen LogP contribution in [-0.2, 0) is 0 Å². The fourth-order valence-electron chi connectivity index (χ4n) is 1.80. The lowest BCUT2D eigenvalue weighted by Crippen LogP contribution is -2.22. The second-order valence-corrected chi connectivity index (χ2v) is 3.90. The Morgan fingerprint density at radius 1 is 1.75 bits per heavy atom. The third-order valence-electron chi connectivity index (χ3n) is 2.92. The van der Waals surface area contributed by atoms with E-state index in [1.165, 1.54) is 17.6 Å². The van der Waals surface area contributed by atoms with Gasteiger partial charge < -0.3 is 5.73 Å². The predicted molar refractivity (Wildman–Crippen MR) is 53.8 cm³/mol. The molecule has 0 saturated heterocycles. The topological polar surface area (TPSA) is 26.0 Å². The van der Waals surface area contributed by atoms with Crippen molar-refractivity contribution in [1.82, 2.24) is 0 Å². The summed E-state index contributed by atoms with van der Waals surface area (Å²) >= 11 is 0. The molecule has 1 rings (SSSR count). The van der Waals surface area contributed by atoms with Crippen molar-refractivity contribution in [3.63, 3.8) is 0 Å². The Hall–Kier alpha value is -0.560. The molecule has 12 heavy (non-hydrogen) atoms. The lowest BCUT2D eigenvalue weighted by Gasteiger charge is -2.27. The lowest BCUT2D eigenvalue weighted by atomic mass is 9.79. The van der Waals surface area contributed by atoms with Gasteiger partial charge in [-0.15, -0.1) is 0 Å². The molecule has 2 unspecified atom stereocenters. The summed E-state index contributed by atoms with van der Waals surface area (Å²) < 4.78 is 0. The summed E-state index contributed by atoms with van der Waals surface area (Å²) in [5.41, 5.74) is 8.46. The minimum atomic E-state index is 0.598. The molecule has 1 heteroatoms. The van der Waals surface area contributed by atoms with Crippen molar-refractivity contribution in [2.45, 2.75) is 26.7 Å². The van der Waals surface area contributed by atoms with Gasteiger partial charge in [0.25, 0.3) is 0 Å². The molecule has 1 aliphatic rings. The van der Waals surface area contributed by atoms with Gasteiger partial charge in [0.05, 0.1) is 0 Å². The maximum atomic E-state index is 5.69. The molecule has 1 aliphatic carbocycles. The van der Waals surface area contributed by atoms with Gasteiger partial charge >= 0.3 is 0 Å². The van der Waals surface area contributed by atoms with E-state index >= 15 is 0 Å². The second-order valence-electron chi connectivity index (χ2n) is 3.90. The molecule has 0 fully saturated rings. The van der Waals surface area contributed by atoms with E-state index < -0.39 is 0 Å². The van der Waals surface area contributed by atoms with Crippen LogP contribution in [0.2, 0.25) is 0 Å². The molecule has 0 heterocycles. The summed E-state index contributed by atoms with van der Waals surface area (Å²) in [5, 5.41) is 0. The molecule has 0 saturated carbocycles. The fourth-order valence-corrected chi connectivity index (χ4v) is 1.80. The van der Waals surface area contributed by atoms with Gasteiger partial charge in [0.2, 0.25) is 0 Å². The van der Waals surface area contributed by atoms with Crippen molar-refractivity contribution in [3.05, 3.63) is 23.8 Å². The maximum Gasteiger partial charge on any atom is -0.00114 e. The fraction of sp³-hybridized carbons (Fsp3) is 0.636. The number of allylic oxidation sites excluding steroid dienone is 2. The Bertz CT molecular complexity index is 203. The highest BCUT2D eigenvalue weighted by molar-refractivity contribution is 5.13. The van der Waals surface area contributed by atoms with Crippen molar-refractivity contribution < 1.29 is 0 Å². The van der Waals surface area contributed by atoms with E-state index in [0.29, 0.717) is 11.8 Å². The zero-order valence-corrected chi connectivity index (χ0v) is 8.14. The van der Waals surface area contributed by atoms with Crippen molar-refractivity contribution >= 4 is 0 Å². The van der Waals surface area contributed by atoms with Gasteiger partial charge in [-0.05, 0) is 45.1 Å². The Labute approximate surface area is 75.3 Å². The van der Waals surface area contributed by atoms with E-state index in [1.54, 1.807) is 0 Å². The molecule has 0 aromatic rings. The van der Waals surface area contributed by atoms with Crippen LogP contribution in [0.5, 0.6) is 0 Å². The number of rotatable bonds is 2. The van der Waals surface area contributed by atoms with Gasteiger partial charge in [-0.1, -0.05) is 23.8 Å². The molecular formula is C11H19N. The van der Waals surface area contributed by atoms with Crippen LogP contribution in [0.1, 0.15) is 26.7 Å². The van der Waals surface area contributed by atoms with E-state index in [1.807, 2.05) is 0 Å². The maximum absolute atomic E-state index is 5.69. The normalized spacial score (nSPS) is 29.8. The van der Waals surface area contributed by atoms with Crippen molar-refractivity contribution in [3.8, 4) is 0 Å².